The third-order valence-electron chi connectivity index (χ3n) is 4.19. The lowest BCUT2D eigenvalue weighted by Gasteiger charge is -2.11. The van der Waals surface area contributed by atoms with E-state index < -0.39 is 22.1 Å². The van der Waals surface area contributed by atoms with Crippen molar-refractivity contribution in [1.82, 2.24) is 4.72 Å². The maximum atomic E-state index is 12.5. The van der Waals surface area contributed by atoms with E-state index >= 15 is 0 Å². The monoisotopic (exact) mass is 373 g/mol. The van der Waals surface area contributed by atoms with Crippen LogP contribution >= 0.6 is 0 Å². The van der Waals surface area contributed by atoms with E-state index in [-0.39, 0.29) is 22.8 Å². The van der Waals surface area contributed by atoms with E-state index in [2.05, 4.69) is 4.72 Å². The number of Topliss-reactive ketones (excluding diaryl/α,β-unsaturated/α-hetero) is 1. The zero-order valence-corrected chi connectivity index (χ0v) is 14.9. The van der Waals surface area contributed by atoms with Crippen molar-refractivity contribution in [3.63, 3.8) is 0 Å². The fraction of sp³-hybridized carbons (Fsp3) is 0.263. The van der Waals surface area contributed by atoms with E-state index in [0.29, 0.717) is 19.3 Å². The van der Waals surface area contributed by atoms with Crippen molar-refractivity contribution in [3.05, 3.63) is 65.7 Å². The number of ether oxygens (including phenoxy) is 1. The number of sulfonamides is 1. The topological polar surface area (TPSA) is 89.5 Å². The van der Waals surface area contributed by atoms with Crippen LogP contribution in [0, 0.1) is 0 Å². The molecule has 136 valence electrons. The first-order valence-corrected chi connectivity index (χ1v) is 9.81. The Morgan fingerprint density at radius 3 is 2.58 bits per heavy atom. The summed E-state index contributed by atoms with van der Waals surface area (Å²) in [5, 5.41) is 0. The summed E-state index contributed by atoms with van der Waals surface area (Å²) in [5.74, 6) is -0.781. The Morgan fingerprint density at radius 2 is 1.88 bits per heavy atom. The molecule has 6 nitrogen and oxygen atoms in total. The highest BCUT2D eigenvalue weighted by Crippen LogP contribution is 2.20. The molecule has 1 N–H and O–H groups in total. The highest BCUT2D eigenvalue weighted by atomic mass is 32.2. The average Bonchev–Trinajstić information content (AvgIpc) is 3.06. The molecule has 0 heterocycles. The molecule has 1 fully saturated rings. The van der Waals surface area contributed by atoms with Gasteiger partial charge in [-0.3, -0.25) is 4.79 Å². The first-order chi connectivity index (χ1) is 12.5. The number of benzene rings is 2. The smallest absolute Gasteiger partial charge is 0.338 e. The summed E-state index contributed by atoms with van der Waals surface area (Å²) in [5.41, 5.74) is 0.929. The molecule has 1 saturated carbocycles. The van der Waals surface area contributed by atoms with Gasteiger partial charge in [-0.05, 0) is 36.6 Å². The fourth-order valence-corrected chi connectivity index (χ4v) is 3.82. The predicted molar refractivity (Wildman–Crippen MR) is 95.0 cm³/mol. The number of rotatable bonds is 6. The molecule has 1 aliphatic rings. The molecule has 26 heavy (non-hydrogen) atoms. The molecule has 3 rings (SSSR count). The Balaban J connectivity index is 1.71. The number of hydrogen-bond donors (Lipinski definition) is 1. The van der Waals surface area contributed by atoms with Gasteiger partial charge in [0.25, 0.3) is 0 Å². The van der Waals surface area contributed by atoms with Crippen LogP contribution in [0.5, 0.6) is 0 Å². The lowest BCUT2D eigenvalue weighted by molar-refractivity contribution is -0.124. The Morgan fingerprint density at radius 1 is 1.12 bits per heavy atom. The van der Waals surface area contributed by atoms with Crippen LogP contribution in [0.3, 0.4) is 0 Å². The molecule has 0 aromatic heterocycles. The first-order valence-electron chi connectivity index (χ1n) is 8.33. The van der Waals surface area contributed by atoms with E-state index in [1.54, 1.807) is 0 Å². The second-order valence-corrected chi connectivity index (χ2v) is 7.86. The number of ketones is 1. The van der Waals surface area contributed by atoms with Crippen molar-refractivity contribution in [3.8, 4) is 0 Å². The van der Waals surface area contributed by atoms with Crippen molar-refractivity contribution < 1.29 is 22.7 Å². The molecule has 0 unspecified atom stereocenters. The quantitative estimate of drug-likeness (QED) is 0.786. The van der Waals surface area contributed by atoms with Gasteiger partial charge in [0, 0.05) is 13.0 Å². The van der Waals surface area contributed by atoms with E-state index in [9.17, 15) is 18.0 Å². The van der Waals surface area contributed by atoms with E-state index in [1.807, 2.05) is 30.3 Å². The number of carbonyl (C=O) groups is 2. The summed E-state index contributed by atoms with van der Waals surface area (Å²) in [6.45, 7) is 0.147. The number of esters is 1. The van der Waals surface area contributed by atoms with Crippen molar-refractivity contribution in [2.24, 2.45) is 0 Å². The minimum atomic E-state index is -3.78. The SMILES string of the molecule is O=C(O[C@@H]1CCCC1=O)c1cccc(S(=O)(=O)NCc2ccccc2)c1. The summed E-state index contributed by atoms with van der Waals surface area (Å²) in [7, 11) is -3.78. The van der Waals surface area contributed by atoms with Crippen LogP contribution in [0.1, 0.15) is 35.2 Å². The highest BCUT2D eigenvalue weighted by Gasteiger charge is 2.28. The Bertz CT molecular complexity index is 909. The molecule has 2 aromatic carbocycles. The minimum absolute atomic E-state index is 0.0272. The summed E-state index contributed by atoms with van der Waals surface area (Å²) >= 11 is 0. The maximum absolute atomic E-state index is 12.5. The molecule has 0 radical (unpaired) electrons. The van der Waals surface area contributed by atoms with E-state index in [4.69, 9.17) is 4.74 Å². The largest absolute Gasteiger partial charge is 0.451 e. The van der Waals surface area contributed by atoms with Gasteiger partial charge in [-0.25, -0.2) is 17.9 Å². The molecule has 2 aromatic rings. The molecule has 7 heteroatoms. The third kappa shape index (κ3) is 4.36. The van der Waals surface area contributed by atoms with Gasteiger partial charge in [0.15, 0.2) is 11.9 Å². The summed E-state index contributed by atoms with van der Waals surface area (Å²) in [4.78, 5) is 23.8. The fourth-order valence-electron chi connectivity index (χ4n) is 2.75. The van der Waals surface area contributed by atoms with Crippen LogP contribution in [0.15, 0.2) is 59.5 Å². The second-order valence-electron chi connectivity index (χ2n) is 6.09. The molecule has 1 atom stereocenters. The van der Waals surface area contributed by atoms with Crippen LogP contribution in [0.25, 0.3) is 0 Å². The number of carbonyl (C=O) groups excluding carboxylic acids is 2. The van der Waals surface area contributed by atoms with Crippen LogP contribution in [-0.2, 0) is 26.1 Å². The molecular weight excluding hydrogens is 354 g/mol. The summed E-state index contributed by atoms with van der Waals surface area (Å²) < 4.78 is 32.6. The second kappa shape index (κ2) is 7.80. The molecule has 0 spiro atoms. The summed E-state index contributed by atoms with van der Waals surface area (Å²) in [6, 6.07) is 14.7. The zero-order valence-electron chi connectivity index (χ0n) is 14.1. The van der Waals surface area contributed by atoms with Crippen molar-refractivity contribution in [2.45, 2.75) is 36.8 Å². The van der Waals surface area contributed by atoms with E-state index in [1.165, 1.54) is 24.3 Å². The first kappa shape index (κ1) is 18.3. The van der Waals surface area contributed by atoms with E-state index in [0.717, 1.165) is 5.56 Å². The van der Waals surface area contributed by atoms with Crippen LogP contribution in [0.4, 0.5) is 0 Å². The van der Waals surface area contributed by atoms with Crippen molar-refractivity contribution in [1.29, 1.82) is 0 Å². The Hall–Kier alpha value is -2.51. The van der Waals surface area contributed by atoms with Gasteiger partial charge >= 0.3 is 5.97 Å². The van der Waals surface area contributed by atoms with Gasteiger partial charge in [0.05, 0.1) is 10.5 Å². The Labute approximate surface area is 152 Å². The maximum Gasteiger partial charge on any atom is 0.338 e. The average molecular weight is 373 g/mol. The van der Waals surface area contributed by atoms with Crippen LogP contribution in [0.2, 0.25) is 0 Å². The lowest BCUT2D eigenvalue weighted by Crippen LogP contribution is -2.24. The molecule has 0 aliphatic heterocycles. The molecular formula is C19H19NO5S. The van der Waals surface area contributed by atoms with Gasteiger partial charge in [0.2, 0.25) is 10.0 Å². The van der Waals surface area contributed by atoms with Crippen molar-refractivity contribution in [2.75, 3.05) is 0 Å². The van der Waals surface area contributed by atoms with Gasteiger partial charge in [-0.15, -0.1) is 0 Å². The van der Waals surface area contributed by atoms with Gasteiger partial charge in [-0.2, -0.15) is 0 Å². The molecule has 0 saturated heterocycles. The molecule has 1 aliphatic carbocycles. The Kier molecular flexibility index (Phi) is 5.49. The highest BCUT2D eigenvalue weighted by molar-refractivity contribution is 7.89. The van der Waals surface area contributed by atoms with Gasteiger partial charge in [-0.1, -0.05) is 36.4 Å². The third-order valence-corrected chi connectivity index (χ3v) is 5.59. The van der Waals surface area contributed by atoms with Crippen LogP contribution in [-0.4, -0.2) is 26.3 Å². The lowest BCUT2D eigenvalue weighted by atomic mass is 10.2. The molecule has 0 amide bonds. The minimum Gasteiger partial charge on any atom is -0.451 e. The predicted octanol–water partition coefficient (Wildman–Crippen LogP) is 2.44. The van der Waals surface area contributed by atoms with Gasteiger partial charge < -0.3 is 4.74 Å². The number of hydrogen-bond acceptors (Lipinski definition) is 5. The molecule has 0 bridgehead atoms. The summed E-state index contributed by atoms with van der Waals surface area (Å²) in [6.07, 6.45) is 0.907. The normalized spacial score (nSPS) is 17.2. The van der Waals surface area contributed by atoms with Gasteiger partial charge in [0.1, 0.15) is 0 Å². The standard InChI is InChI=1S/C19H19NO5S/c21-17-10-5-11-18(17)25-19(22)15-8-4-9-16(12-15)26(23,24)20-13-14-6-2-1-3-7-14/h1-4,6-9,12,18,20H,5,10-11,13H2/t18-/m1/s1. The van der Waals surface area contributed by atoms with Crippen molar-refractivity contribution >= 4 is 21.8 Å². The number of nitrogens with one attached hydrogen (secondary N) is 1. The van der Waals surface area contributed by atoms with Crippen LogP contribution < -0.4 is 4.72 Å². The zero-order chi connectivity index (χ0) is 18.6.